The summed E-state index contributed by atoms with van der Waals surface area (Å²) in [7, 11) is 0. The lowest BCUT2D eigenvalue weighted by Crippen LogP contribution is -2.09. The third kappa shape index (κ3) is 15.8. The van der Waals surface area contributed by atoms with E-state index in [-0.39, 0.29) is 12.8 Å². The van der Waals surface area contributed by atoms with Gasteiger partial charge < -0.3 is 9.47 Å². The molecule has 7 nitrogen and oxygen atoms in total. The number of carbonyl (C=O) groups is 4. The van der Waals surface area contributed by atoms with Gasteiger partial charge in [-0.25, -0.2) is 0 Å². The zero-order valence-corrected chi connectivity index (χ0v) is 15.0. The molecule has 1 heterocycles. The van der Waals surface area contributed by atoms with E-state index >= 15 is 0 Å². The first-order chi connectivity index (χ1) is 11.1. The second kappa shape index (κ2) is 14.0. The lowest BCUT2D eigenvalue weighted by atomic mass is 10.2. The molecule has 0 radical (unpaired) electrons. The molecule has 7 heteroatoms. The van der Waals surface area contributed by atoms with Gasteiger partial charge in [0.15, 0.2) is 0 Å². The monoisotopic (exact) mass is 339 g/mol. The number of pyridine rings is 1. The fourth-order valence-electron chi connectivity index (χ4n) is 1.04. The number of esters is 4. The number of carbonyl (C=O) groups excluding carboxylic acids is 4. The Morgan fingerprint density at radius 3 is 1.58 bits per heavy atom. The number of ether oxygens (including phenoxy) is 2. The summed E-state index contributed by atoms with van der Waals surface area (Å²) >= 11 is 0. The molecule has 1 aromatic heterocycles. The summed E-state index contributed by atoms with van der Waals surface area (Å²) in [5.74, 6) is -2.04. The van der Waals surface area contributed by atoms with Crippen molar-refractivity contribution < 1.29 is 28.7 Å². The molecule has 1 aromatic rings. The van der Waals surface area contributed by atoms with Gasteiger partial charge in [0.05, 0.1) is 0 Å². The van der Waals surface area contributed by atoms with Gasteiger partial charge in [-0.05, 0) is 25.5 Å². The lowest BCUT2D eigenvalue weighted by Gasteiger charge is -1.95. The smallest absolute Gasteiger partial charge is 0.313 e. The lowest BCUT2D eigenvalue weighted by molar-refractivity contribution is -0.160. The molecule has 0 amide bonds. The second-order valence-electron chi connectivity index (χ2n) is 4.54. The van der Waals surface area contributed by atoms with E-state index in [0.29, 0.717) is 0 Å². The highest BCUT2D eigenvalue weighted by Crippen LogP contribution is 1.98. The zero-order chi connectivity index (χ0) is 19.1. The van der Waals surface area contributed by atoms with Gasteiger partial charge in [0.25, 0.3) is 0 Å². The average molecular weight is 339 g/mol. The number of nitrogens with zero attached hydrogens (tertiary/aromatic N) is 1. The van der Waals surface area contributed by atoms with Gasteiger partial charge in [-0.2, -0.15) is 0 Å². The summed E-state index contributed by atoms with van der Waals surface area (Å²) in [6.45, 7) is 9.72. The average Bonchev–Trinajstić information content (AvgIpc) is 2.50. The number of aryl methyl sites for hydroxylation is 2. The first kappa shape index (κ1) is 23.7. The highest BCUT2D eigenvalue weighted by Gasteiger charge is 2.03. The maximum absolute atomic E-state index is 10.3. The Bertz CT molecular complexity index is 507. The highest BCUT2D eigenvalue weighted by molar-refractivity contribution is 5.85. The molecule has 1 rings (SSSR count). The van der Waals surface area contributed by atoms with Crippen LogP contribution in [0.25, 0.3) is 0 Å². The summed E-state index contributed by atoms with van der Waals surface area (Å²) in [6, 6.07) is 4.00. The minimum Gasteiger partial charge on any atom is -0.394 e. The predicted molar refractivity (Wildman–Crippen MR) is 87.8 cm³/mol. The van der Waals surface area contributed by atoms with Crippen molar-refractivity contribution >= 4 is 23.9 Å². The molecule has 24 heavy (non-hydrogen) atoms. The Labute approximate surface area is 142 Å². The Morgan fingerprint density at radius 2 is 1.38 bits per heavy atom. The van der Waals surface area contributed by atoms with E-state index in [0.717, 1.165) is 5.69 Å². The Balaban J connectivity index is 0. The molecule has 0 unspecified atom stereocenters. The standard InChI is InChI=1S/C7H9N.C6H10O3.C4H6O3/c1-6-4-3-5-8-7(6)2;1-3-5(7)9-6(8)4-2;1-3(5)7-4(2)6/h3-5H,1-2H3;3-4H2,1-2H3;1-2H3. The summed E-state index contributed by atoms with van der Waals surface area (Å²) < 4.78 is 8.24. The van der Waals surface area contributed by atoms with Crippen LogP contribution in [-0.4, -0.2) is 28.9 Å². The van der Waals surface area contributed by atoms with Crippen molar-refractivity contribution in [1.82, 2.24) is 4.98 Å². The molecule has 0 fully saturated rings. The minimum atomic E-state index is -0.562. The summed E-state index contributed by atoms with van der Waals surface area (Å²) in [5, 5.41) is 0. The van der Waals surface area contributed by atoms with E-state index in [1.54, 1.807) is 13.8 Å². The van der Waals surface area contributed by atoms with Crippen LogP contribution >= 0.6 is 0 Å². The maximum Gasteiger partial charge on any atom is 0.313 e. The van der Waals surface area contributed by atoms with Crippen LogP contribution in [-0.2, 0) is 28.7 Å². The van der Waals surface area contributed by atoms with Gasteiger partial charge in [0.2, 0.25) is 0 Å². The molecule has 0 spiro atoms. The number of aromatic nitrogens is 1. The second-order valence-corrected chi connectivity index (χ2v) is 4.54. The van der Waals surface area contributed by atoms with Crippen LogP contribution < -0.4 is 0 Å². The zero-order valence-electron chi connectivity index (χ0n) is 15.0. The van der Waals surface area contributed by atoms with Crippen LogP contribution in [0.15, 0.2) is 18.3 Å². The first-order valence-electron chi connectivity index (χ1n) is 7.44. The van der Waals surface area contributed by atoms with Gasteiger partial charge >= 0.3 is 23.9 Å². The molecule has 0 N–H and O–H groups in total. The van der Waals surface area contributed by atoms with Gasteiger partial charge in [0, 0.05) is 38.6 Å². The van der Waals surface area contributed by atoms with Gasteiger partial charge in [-0.3, -0.25) is 24.2 Å². The third-order valence-corrected chi connectivity index (χ3v) is 2.36. The van der Waals surface area contributed by atoms with Crippen molar-refractivity contribution in [3.63, 3.8) is 0 Å². The van der Waals surface area contributed by atoms with Gasteiger partial charge in [0.1, 0.15) is 0 Å². The van der Waals surface area contributed by atoms with Crippen molar-refractivity contribution in [3.8, 4) is 0 Å². The normalized spacial score (nSPS) is 8.58. The van der Waals surface area contributed by atoms with Crippen LogP contribution in [0.1, 0.15) is 51.8 Å². The summed E-state index contributed by atoms with van der Waals surface area (Å²) in [5.41, 5.74) is 2.38. The molecule has 0 aromatic carbocycles. The predicted octanol–water partition coefficient (Wildman–Crippen LogP) is 2.67. The fraction of sp³-hybridized carbons (Fsp3) is 0.471. The Hall–Kier alpha value is -2.57. The van der Waals surface area contributed by atoms with Crippen LogP contribution in [0.3, 0.4) is 0 Å². The molecular formula is C17H25NO6. The van der Waals surface area contributed by atoms with Crippen molar-refractivity contribution in [2.45, 2.75) is 54.4 Å². The van der Waals surface area contributed by atoms with Crippen molar-refractivity contribution in [3.05, 3.63) is 29.6 Å². The van der Waals surface area contributed by atoms with Gasteiger partial charge in [-0.1, -0.05) is 19.9 Å². The summed E-state index contributed by atoms with van der Waals surface area (Å²) in [4.78, 5) is 44.4. The third-order valence-electron chi connectivity index (χ3n) is 2.36. The first-order valence-corrected chi connectivity index (χ1v) is 7.44. The molecule has 0 aliphatic carbocycles. The van der Waals surface area contributed by atoms with E-state index in [1.807, 2.05) is 19.2 Å². The molecule has 0 aliphatic heterocycles. The number of hydrogen-bond donors (Lipinski definition) is 0. The molecule has 0 saturated heterocycles. The molecule has 0 bridgehead atoms. The molecule has 0 saturated carbocycles. The largest absolute Gasteiger partial charge is 0.394 e. The van der Waals surface area contributed by atoms with Crippen molar-refractivity contribution in [1.29, 1.82) is 0 Å². The number of hydrogen-bond acceptors (Lipinski definition) is 7. The van der Waals surface area contributed by atoms with E-state index in [1.165, 1.54) is 19.4 Å². The van der Waals surface area contributed by atoms with Crippen LogP contribution in [0.4, 0.5) is 0 Å². The Kier molecular flexibility index (Phi) is 13.9. The fourth-order valence-corrected chi connectivity index (χ4v) is 1.04. The summed E-state index contributed by atoms with van der Waals surface area (Å²) in [6.07, 6.45) is 2.32. The maximum atomic E-state index is 10.3. The van der Waals surface area contributed by atoms with Crippen LogP contribution in [0.5, 0.6) is 0 Å². The quantitative estimate of drug-likeness (QED) is 0.603. The van der Waals surface area contributed by atoms with Crippen molar-refractivity contribution in [2.75, 3.05) is 0 Å². The van der Waals surface area contributed by atoms with Gasteiger partial charge in [-0.15, -0.1) is 0 Å². The molecule has 134 valence electrons. The SMILES string of the molecule is CC(=O)OC(C)=O.CCC(=O)OC(=O)CC.Cc1cccnc1C. The Morgan fingerprint density at radius 1 is 0.917 bits per heavy atom. The number of rotatable bonds is 2. The van der Waals surface area contributed by atoms with E-state index in [4.69, 9.17) is 0 Å². The topological polar surface area (TPSA) is 99.6 Å². The van der Waals surface area contributed by atoms with Crippen LogP contribution in [0.2, 0.25) is 0 Å². The van der Waals surface area contributed by atoms with E-state index in [9.17, 15) is 19.2 Å². The molecule has 0 atom stereocenters. The highest BCUT2D eigenvalue weighted by atomic mass is 16.6. The minimum absolute atomic E-state index is 0.256. The van der Waals surface area contributed by atoms with Crippen molar-refractivity contribution in [2.24, 2.45) is 0 Å². The van der Waals surface area contributed by atoms with E-state index in [2.05, 4.69) is 27.4 Å². The molecule has 0 aliphatic rings. The van der Waals surface area contributed by atoms with E-state index < -0.39 is 23.9 Å². The molecular weight excluding hydrogens is 314 g/mol. The van der Waals surface area contributed by atoms with Crippen LogP contribution in [0, 0.1) is 13.8 Å².